The summed E-state index contributed by atoms with van der Waals surface area (Å²) in [5.74, 6) is -4.05. The maximum Gasteiger partial charge on any atom is 0.338 e. The molecule has 0 saturated heterocycles. The van der Waals surface area contributed by atoms with Crippen molar-refractivity contribution in [3.8, 4) is 0 Å². The predicted octanol–water partition coefficient (Wildman–Crippen LogP) is 3.95. The van der Waals surface area contributed by atoms with Crippen molar-refractivity contribution in [2.75, 3.05) is 11.9 Å². The zero-order valence-electron chi connectivity index (χ0n) is 11.1. The third kappa shape index (κ3) is 3.31. The Morgan fingerprint density at radius 1 is 1.24 bits per heavy atom. The fourth-order valence-corrected chi connectivity index (χ4v) is 2.21. The summed E-state index contributed by atoms with van der Waals surface area (Å²) in [5, 5.41) is 9.30. The smallest absolute Gasteiger partial charge is 0.338 e. The van der Waals surface area contributed by atoms with Gasteiger partial charge in [-0.2, -0.15) is 0 Å². The summed E-state index contributed by atoms with van der Waals surface area (Å²) in [7, 11) is 1.58. The van der Waals surface area contributed by atoms with Gasteiger partial charge in [0.25, 0.3) is 0 Å². The number of benzene rings is 2. The monoisotopic (exact) mass is 311 g/mol. The standard InChI is InChI=1S/C15H12ClF2NO2/c1-19(8-9-3-2-4-10(16)7-9)12-6-5-11(15(20)21)13(17)14(12)18/h2-7H,8H2,1H3,(H,20,21). The van der Waals surface area contributed by atoms with Gasteiger partial charge in [-0.1, -0.05) is 23.7 Å². The number of hydrogen-bond donors (Lipinski definition) is 1. The van der Waals surface area contributed by atoms with E-state index in [4.69, 9.17) is 16.7 Å². The SMILES string of the molecule is CN(Cc1cccc(Cl)c1)c1ccc(C(=O)O)c(F)c1F. The third-order valence-corrected chi connectivity index (χ3v) is 3.25. The lowest BCUT2D eigenvalue weighted by molar-refractivity contribution is 0.0690. The molecule has 21 heavy (non-hydrogen) atoms. The third-order valence-electron chi connectivity index (χ3n) is 3.01. The Balaban J connectivity index is 2.29. The van der Waals surface area contributed by atoms with Gasteiger partial charge in [-0.05, 0) is 29.8 Å². The van der Waals surface area contributed by atoms with Gasteiger partial charge in [-0.25, -0.2) is 13.6 Å². The van der Waals surface area contributed by atoms with E-state index < -0.39 is 23.2 Å². The first-order chi connectivity index (χ1) is 9.90. The Bertz CT molecular complexity index is 691. The van der Waals surface area contributed by atoms with Crippen LogP contribution in [-0.4, -0.2) is 18.1 Å². The van der Waals surface area contributed by atoms with Crippen molar-refractivity contribution in [2.45, 2.75) is 6.54 Å². The minimum atomic E-state index is -1.50. The van der Waals surface area contributed by atoms with Gasteiger partial charge in [0.1, 0.15) is 0 Å². The van der Waals surface area contributed by atoms with Crippen LogP contribution < -0.4 is 4.90 Å². The minimum absolute atomic E-state index is 0.0162. The van der Waals surface area contributed by atoms with Crippen molar-refractivity contribution in [1.82, 2.24) is 0 Å². The van der Waals surface area contributed by atoms with Crippen LogP contribution in [0.3, 0.4) is 0 Å². The van der Waals surface area contributed by atoms with Gasteiger partial charge >= 0.3 is 5.97 Å². The largest absolute Gasteiger partial charge is 0.478 e. The first-order valence-electron chi connectivity index (χ1n) is 6.07. The minimum Gasteiger partial charge on any atom is -0.478 e. The number of halogens is 3. The molecule has 6 heteroatoms. The number of carboxylic acid groups (broad SMARTS) is 1. The molecule has 1 N–H and O–H groups in total. The molecule has 0 heterocycles. The van der Waals surface area contributed by atoms with E-state index in [1.807, 2.05) is 6.07 Å². The highest BCUT2D eigenvalue weighted by atomic mass is 35.5. The first kappa shape index (κ1) is 15.3. The second-order valence-electron chi connectivity index (χ2n) is 4.55. The quantitative estimate of drug-likeness (QED) is 0.929. The molecule has 0 bridgehead atoms. The van der Waals surface area contributed by atoms with Gasteiger partial charge in [-0.15, -0.1) is 0 Å². The van der Waals surface area contributed by atoms with E-state index in [2.05, 4.69) is 0 Å². The summed E-state index contributed by atoms with van der Waals surface area (Å²) in [6.45, 7) is 0.309. The number of aromatic carboxylic acids is 1. The van der Waals surface area contributed by atoms with Crippen LogP contribution >= 0.6 is 11.6 Å². The first-order valence-corrected chi connectivity index (χ1v) is 6.45. The molecule has 3 nitrogen and oxygen atoms in total. The number of anilines is 1. The fraction of sp³-hybridized carbons (Fsp3) is 0.133. The summed E-state index contributed by atoms with van der Waals surface area (Å²) in [5.41, 5.74) is 0.122. The summed E-state index contributed by atoms with van der Waals surface area (Å²) in [6.07, 6.45) is 0. The van der Waals surface area contributed by atoms with Crippen LogP contribution in [0.1, 0.15) is 15.9 Å². The maximum absolute atomic E-state index is 13.9. The van der Waals surface area contributed by atoms with Gasteiger partial charge in [0, 0.05) is 18.6 Å². The molecule has 110 valence electrons. The van der Waals surface area contributed by atoms with Crippen molar-refractivity contribution in [2.24, 2.45) is 0 Å². The molecule has 0 aromatic heterocycles. The van der Waals surface area contributed by atoms with Crippen LogP contribution in [0.4, 0.5) is 14.5 Å². The summed E-state index contributed by atoms with van der Waals surface area (Å²) >= 11 is 5.87. The number of rotatable bonds is 4. The van der Waals surface area contributed by atoms with Gasteiger partial charge in [0.05, 0.1) is 11.3 Å². The molecule has 0 spiro atoms. The molecule has 0 unspecified atom stereocenters. The topological polar surface area (TPSA) is 40.5 Å². The van der Waals surface area contributed by atoms with Crippen LogP contribution in [0, 0.1) is 11.6 Å². The number of nitrogens with zero attached hydrogens (tertiary/aromatic N) is 1. The highest BCUT2D eigenvalue weighted by Gasteiger charge is 2.19. The molecule has 0 aliphatic heterocycles. The lowest BCUT2D eigenvalue weighted by Gasteiger charge is -2.20. The van der Waals surface area contributed by atoms with Crippen LogP contribution in [0.15, 0.2) is 36.4 Å². The van der Waals surface area contributed by atoms with Crippen LogP contribution in [0.2, 0.25) is 5.02 Å². The van der Waals surface area contributed by atoms with Crippen molar-refractivity contribution in [3.05, 3.63) is 64.2 Å². The molecule has 0 aliphatic carbocycles. The lowest BCUT2D eigenvalue weighted by atomic mass is 10.1. The van der Waals surface area contributed by atoms with E-state index >= 15 is 0 Å². The van der Waals surface area contributed by atoms with Crippen molar-refractivity contribution in [1.29, 1.82) is 0 Å². The van der Waals surface area contributed by atoms with Crippen molar-refractivity contribution >= 4 is 23.3 Å². The van der Waals surface area contributed by atoms with E-state index in [9.17, 15) is 13.6 Å². The normalized spacial score (nSPS) is 10.5. The second kappa shape index (κ2) is 6.10. The average Bonchev–Trinajstić information content (AvgIpc) is 2.41. The summed E-state index contributed by atoms with van der Waals surface area (Å²) in [4.78, 5) is 12.2. The van der Waals surface area contributed by atoms with E-state index in [0.29, 0.717) is 11.6 Å². The van der Waals surface area contributed by atoms with Crippen LogP contribution in [-0.2, 0) is 6.54 Å². The Morgan fingerprint density at radius 3 is 2.57 bits per heavy atom. The maximum atomic E-state index is 13.9. The van der Waals surface area contributed by atoms with E-state index in [1.165, 1.54) is 11.0 Å². The van der Waals surface area contributed by atoms with Crippen molar-refractivity contribution < 1.29 is 18.7 Å². The molecular formula is C15H12ClF2NO2. The number of hydrogen-bond acceptors (Lipinski definition) is 2. The summed E-state index contributed by atoms with van der Waals surface area (Å²) < 4.78 is 27.6. The zero-order chi connectivity index (χ0) is 15.6. The Hall–Kier alpha value is -2.14. The molecule has 2 aromatic carbocycles. The average molecular weight is 312 g/mol. The Kier molecular flexibility index (Phi) is 4.43. The lowest BCUT2D eigenvalue weighted by Crippen LogP contribution is -2.19. The Morgan fingerprint density at radius 2 is 1.95 bits per heavy atom. The molecule has 0 amide bonds. The Labute approximate surface area is 125 Å². The number of carboxylic acids is 1. The molecule has 2 rings (SSSR count). The molecule has 0 saturated carbocycles. The van der Waals surface area contributed by atoms with Gasteiger partial charge in [0.2, 0.25) is 0 Å². The molecule has 0 atom stereocenters. The second-order valence-corrected chi connectivity index (χ2v) is 4.99. The molecule has 2 aromatic rings. The van der Waals surface area contributed by atoms with Gasteiger partial charge in [-0.3, -0.25) is 0 Å². The molecular weight excluding hydrogens is 300 g/mol. The number of carbonyl (C=O) groups is 1. The van der Waals surface area contributed by atoms with Crippen LogP contribution in [0.25, 0.3) is 0 Å². The molecule has 0 aliphatic rings. The molecule has 0 fully saturated rings. The summed E-state index contributed by atoms with van der Waals surface area (Å²) in [6, 6.07) is 9.29. The molecule has 0 radical (unpaired) electrons. The van der Waals surface area contributed by atoms with E-state index in [1.54, 1.807) is 25.2 Å². The van der Waals surface area contributed by atoms with E-state index in [-0.39, 0.29) is 5.69 Å². The van der Waals surface area contributed by atoms with E-state index in [0.717, 1.165) is 11.6 Å². The van der Waals surface area contributed by atoms with Gasteiger partial charge < -0.3 is 10.0 Å². The fourth-order valence-electron chi connectivity index (χ4n) is 1.99. The van der Waals surface area contributed by atoms with Crippen molar-refractivity contribution in [3.63, 3.8) is 0 Å². The zero-order valence-corrected chi connectivity index (χ0v) is 11.9. The predicted molar refractivity (Wildman–Crippen MR) is 76.9 cm³/mol. The van der Waals surface area contributed by atoms with Crippen LogP contribution in [0.5, 0.6) is 0 Å². The highest BCUT2D eigenvalue weighted by molar-refractivity contribution is 6.30. The highest BCUT2D eigenvalue weighted by Crippen LogP contribution is 2.25. The van der Waals surface area contributed by atoms with Gasteiger partial charge in [0.15, 0.2) is 11.6 Å².